The van der Waals surface area contributed by atoms with E-state index in [1.165, 1.54) is 22.7 Å². The topological polar surface area (TPSA) is 37.4 Å². The van der Waals surface area contributed by atoms with Crippen LogP contribution in [0.2, 0.25) is 0 Å². The minimum atomic E-state index is -3.27. The van der Waals surface area contributed by atoms with Crippen molar-refractivity contribution < 1.29 is 12.8 Å². The van der Waals surface area contributed by atoms with Gasteiger partial charge in [0.25, 0.3) is 0 Å². The van der Waals surface area contributed by atoms with Gasteiger partial charge in [0.1, 0.15) is 5.82 Å². The van der Waals surface area contributed by atoms with Crippen molar-refractivity contribution in [1.29, 1.82) is 0 Å². The Morgan fingerprint density at radius 1 is 1.12 bits per heavy atom. The summed E-state index contributed by atoms with van der Waals surface area (Å²) in [7, 11) is -3.27. The molecule has 5 heteroatoms. The van der Waals surface area contributed by atoms with Crippen molar-refractivity contribution in [3.05, 3.63) is 64.5 Å². The van der Waals surface area contributed by atoms with Crippen LogP contribution < -0.4 is 4.31 Å². The number of rotatable bonds is 1. The Balaban J connectivity index is 1.99. The molecule has 24 heavy (non-hydrogen) atoms. The Kier molecular flexibility index (Phi) is 4.33. The highest BCUT2D eigenvalue weighted by atomic mass is 32.2. The van der Waals surface area contributed by atoms with E-state index in [9.17, 15) is 12.8 Å². The van der Waals surface area contributed by atoms with E-state index in [4.69, 9.17) is 0 Å². The van der Waals surface area contributed by atoms with E-state index in [-0.39, 0.29) is 5.82 Å². The molecule has 0 aromatic heterocycles. The third kappa shape index (κ3) is 3.44. The molecule has 124 valence electrons. The van der Waals surface area contributed by atoms with Crippen LogP contribution in [0.25, 0.3) is 0 Å². The molecule has 0 amide bonds. The van der Waals surface area contributed by atoms with Crippen LogP contribution in [0, 0.1) is 24.6 Å². The van der Waals surface area contributed by atoms with E-state index in [0.29, 0.717) is 6.54 Å². The fourth-order valence-electron chi connectivity index (χ4n) is 2.86. The summed E-state index contributed by atoms with van der Waals surface area (Å²) in [6, 6.07) is 9.91. The van der Waals surface area contributed by atoms with Gasteiger partial charge in [-0.25, -0.2) is 12.8 Å². The van der Waals surface area contributed by atoms with Crippen LogP contribution in [0.15, 0.2) is 36.4 Å². The predicted octanol–water partition coefficient (Wildman–Crippen LogP) is 3.25. The maximum atomic E-state index is 12.9. The molecule has 0 saturated heterocycles. The standard InChI is InChI=1S/C19H18FNO2S/c1-14-12-19-17(4-3-11-21(19)24(2,22)23)13-16(14)8-5-15-6-9-18(20)10-7-15/h6-7,9-10,12-13H,3-4,11H2,1-2H3. The normalized spacial score (nSPS) is 13.9. The maximum absolute atomic E-state index is 12.9. The first kappa shape index (κ1) is 16.5. The Hall–Kier alpha value is -2.32. The summed E-state index contributed by atoms with van der Waals surface area (Å²) in [4.78, 5) is 0. The number of hydrogen-bond donors (Lipinski definition) is 0. The quantitative estimate of drug-likeness (QED) is 0.746. The first-order valence-corrected chi connectivity index (χ1v) is 9.58. The van der Waals surface area contributed by atoms with Crippen LogP contribution in [-0.4, -0.2) is 21.2 Å². The third-order valence-electron chi connectivity index (χ3n) is 4.09. The average molecular weight is 343 g/mol. The summed E-state index contributed by atoms with van der Waals surface area (Å²) in [5, 5.41) is 0. The Bertz CT molecular complexity index is 938. The highest BCUT2D eigenvalue weighted by molar-refractivity contribution is 7.92. The zero-order chi connectivity index (χ0) is 17.3. The number of fused-ring (bicyclic) bond motifs is 1. The van der Waals surface area contributed by atoms with E-state index < -0.39 is 10.0 Å². The summed E-state index contributed by atoms with van der Waals surface area (Å²) in [6.45, 7) is 2.44. The van der Waals surface area contributed by atoms with Crippen LogP contribution in [0.4, 0.5) is 10.1 Å². The lowest BCUT2D eigenvalue weighted by molar-refractivity contribution is 0.592. The zero-order valence-corrected chi connectivity index (χ0v) is 14.5. The lowest BCUT2D eigenvalue weighted by Crippen LogP contribution is -2.34. The summed E-state index contributed by atoms with van der Waals surface area (Å²) in [6.07, 6.45) is 2.88. The Labute approximate surface area is 142 Å². The van der Waals surface area contributed by atoms with Crippen LogP contribution >= 0.6 is 0 Å². The monoisotopic (exact) mass is 343 g/mol. The van der Waals surface area contributed by atoms with Crippen molar-refractivity contribution >= 4 is 15.7 Å². The van der Waals surface area contributed by atoms with Crippen molar-refractivity contribution in [2.45, 2.75) is 19.8 Å². The van der Waals surface area contributed by atoms with Gasteiger partial charge in [-0.05, 0) is 67.3 Å². The second-order valence-electron chi connectivity index (χ2n) is 5.99. The van der Waals surface area contributed by atoms with Gasteiger partial charge in [0.05, 0.1) is 11.9 Å². The van der Waals surface area contributed by atoms with Crippen LogP contribution in [0.5, 0.6) is 0 Å². The van der Waals surface area contributed by atoms with Crippen molar-refractivity contribution in [3.8, 4) is 11.8 Å². The van der Waals surface area contributed by atoms with Gasteiger partial charge in [0.15, 0.2) is 0 Å². The highest BCUT2D eigenvalue weighted by Gasteiger charge is 2.24. The number of sulfonamides is 1. The largest absolute Gasteiger partial charge is 0.270 e. The van der Waals surface area contributed by atoms with E-state index >= 15 is 0 Å². The molecule has 0 aliphatic carbocycles. The molecule has 0 bridgehead atoms. The molecule has 1 aliphatic rings. The number of nitrogens with zero attached hydrogens (tertiary/aromatic N) is 1. The van der Waals surface area contributed by atoms with E-state index in [2.05, 4.69) is 11.8 Å². The molecule has 3 rings (SSSR count). The lowest BCUT2D eigenvalue weighted by Gasteiger charge is -2.29. The van der Waals surface area contributed by atoms with Gasteiger partial charge >= 0.3 is 0 Å². The molecule has 1 aliphatic heterocycles. The molecule has 0 saturated carbocycles. The SMILES string of the molecule is Cc1cc2c(cc1C#Cc1ccc(F)cc1)CCCN2S(C)(=O)=O. The van der Waals surface area contributed by atoms with E-state index in [1.54, 1.807) is 12.1 Å². The number of hydrogen-bond acceptors (Lipinski definition) is 2. The fourth-order valence-corrected chi connectivity index (χ4v) is 3.84. The predicted molar refractivity (Wildman–Crippen MR) is 94.1 cm³/mol. The summed E-state index contributed by atoms with van der Waals surface area (Å²) >= 11 is 0. The molecule has 2 aromatic carbocycles. The molecule has 0 atom stereocenters. The van der Waals surface area contributed by atoms with Crippen molar-refractivity contribution in [2.24, 2.45) is 0 Å². The van der Waals surface area contributed by atoms with Gasteiger partial charge in [-0.15, -0.1) is 0 Å². The smallest absolute Gasteiger partial charge is 0.232 e. The van der Waals surface area contributed by atoms with Gasteiger partial charge in [0, 0.05) is 17.7 Å². The first-order valence-electron chi connectivity index (χ1n) is 7.73. The van der Waals surface area contributed by atoms with Crippen LogP contribution in [0.1, 0.15) is 28.7 Å². The first-order chi connectivity index (χ1) is 11.3. The molecular weight excluding hydrogens is 325 g/mol. The zero-order valence-electron chi connectivity index (χ0n) is 13.6. The molecule has 3 nitrogen and oxygen atoms in total. The van der Waals surface area contributed by atoms with Crippen LogP contribution in [-0.2, 0) is 16.4 Å². The number of halogens is 1. The number of anilines is 1. The lowest BCUT2D eigenvalue weighted by atomic mass is 9.97. The second-order valence-corrected chi connectivity index (χ2v) is 7.90. The Morgan fingerprint density at radius 2 is 1.83 bits per heavy atom. The average Bonchev–Trinajstić information content (AvgIpc) is 2.53. The molecule has 0 unspecified atom stereocenters. The second kappa shape index (κ2) is 6.29. The number of aryl methyl sites for hydroxylation is 2. The van der Waals surface area contributed by atoms with Gasteiger partial charge in [-0.2, -0.15) is 0 Å². The summed E-state index contributed by atoms with van der Waals surface area (Å²) < 4.78 is 38.3. The van der Waals surface area contributed by atoms with Crippen molar-refractivity contribution in [2.75, 3.05) is 17.1 Å². The molecule has 2 aromatic rings. The van der Waals surface area contributed by atoms with Gasteiger partial charge in [0.2, 0.25) is 10.0 Å². The third-order valence-corrected chi connectivity index (χ3v) is 5.27. The molecule has 0 spiro atoms. The molecule has 0 N–H and O–H groups in total. The van der Waals surface area contributed by atoms with E-state index in [1.807, 2.05) is 19.1 Å². The summed E-state index contributed by atoms with van der Waals surface area (Å²) in [5.74, 6) is 5.85. The summed E-state index contributed by atoms with van der Waals surface area (Å²) in [5.41, 5.74) is 4.30. The minimum Gasteiger partial charge on any atom is -0.270 e. The highest BCUT2D eigenvalue weighted by Crippen LogP contribution is 2.31. The van der Waals surface area contributed by atoms with Gasteiger partial charge < -0.3 is 0 Å². The fraction of sp³-hybridized carbons (Fsp3) is 0.263. The van der Waals surface area contributed by atoms with Crippen molar-refractivity contribution in [1.82, 2.24) is 0 Å². The maximum Gasteiger partial charge on any atom is 0.232 e. The molecule has 0 radical (unpaired) electrons. The Morgan fingerprint density at radius 3 is 2.50 bits per heavy atom. The van der Waals surface area contributed by atoms with E-state index in [0.717, 1.165) is 40.8 Å². The van der Waals surface area contributed by atoms with Crippen molar-refractivity contribution in [3.63, 3.8) is 0 Å². The van der Waals surface area contributed by atoms with Gasteiger partial charge in [-0.1, -0.05) is 11.8 Å². The molecule has 0 fully saturated rings. The molecular formula is C19H18FNO2S. The molecule has 1 heterocycles. The number of benzene rings is 2. The van der Waals surface area contributed by atoms with Crippen LogP contribution in [0.3, 0.4) is 0 Å². The van der Waals surface area contributed by atoms with Gasteiger partial charge in [-0.3, -0.25) is 4.31 Å². The minimum absolute atomic E-state index is 0.286.